The molecule has 2 aromatic rings. The summed E-state index contributed by atoms with van der Waals surface area (Å²) in [6.45, 7) is 1.97. The smallest absolute Gasteiger partial charge is 0.414 e. The van der Waals surface area contributed by atoms with E-state index in [2.05, 4.69) is 39.4 Å². The predicted octanol–water partition coefficient (Wildman–Crippen LogP) is 2.62. The summed E-state index contributed by atoms with van der Waals surface area (Å²) < 4.78 is 11.8. The number of fused-ring (bicyclic) bond motifs is 1. The van der Waals surface area contributed by atoms with Crippen LogP contribution in [0.5, 0.6) is 11.5 Å². The zero-order chi connectivity index (χ0) is 18.2. The number of carboxylic acids is 2. The summed E-state index contributed by atoms with van der Waals surface area (Å²) in [5.74, 6) is -1.98. The van der Waals surface area contributed by atoms with Gasteiger partial charge in [-0.3, -0.25) is 0 Å². The van der Waals surface area contributed by atoms with E-state index < -0.39 is 11.9 Å². The second-order valence-corrected chi connectivity index (χ2v) is 5.95. The molecular formula is C17H16BrNO6. The first-order chi connectivity index (χ1) is 12.0. The van der Waals surface area contributed by atoms with E-state index in [0.29, 0.717) is 6.79 Å². The van der Waals surface area contributed by atoms with Gasteiger partial charge in [-0.25, -0.2) is 9.59 Å². The van der Waals surface area contributed by atoms with Crippen molar-refractivity contribution in [2.45, 2.75) is 13.1 Å². The van der Waals surface area contributed by atoms with Crippen LogP contribution in [0.2, 0.25) is 0 Å². The Morgan fingerprint density at radius 2 is 1.60 bits per heavy atom. The molecule has 0 atom stereocenters. The van der Waals surface area contributed by atoms with Crippen molar-refractivity contribution in [2.75, 3.05) is 6.79 Å². The molecule has 3 N–H and O–H groups in total. The third-order valence-corrected chi connectivity index (χ3v) is 3.66. The summed E-state index contributed by atoms with van der Waals surface area (Å²) >= 11 is 3.47. The molecule has 0 saturated carbocycles. The van der Waals surface area contributed by atoms with Crippen LogP contribution in [0.4, 0.5) is 0 Å². The summed E-state index contributed by atoms with van der Waals surface area (Å²) in [6.07, 6.45) is 0. The minimum absolute atomic E-state index is 0.324. The minimum atomic E-state index is -1.82. The summed E-state index contributed by atoms with van der Waals surface area (Å²) in [7, 11) is 0. The first-order valence-corrected chi connectivity index (χ1v) is 8.05. The number of nitrogens with one attached hydrogen (secondary N) is 1. The highest BCUT2D eigenvalue weighted by Gasteiger charge is 2.12. The third kappa shape index (κ3) is 6.09. The van der Waals surface area contributed by atoms with E-state index >= 15 is 0 Å². The molecule has 0 aliphatic carbocycles. The van der Waals surface area contributed by atoms with Crippen molar-refractivity contribution >= 4 is 27.9 Å². The van der Waals surface area contributed by atoms with Gasteiger partial charge in [0.1, 0.15) is 0 Å². The molecule has 7 nitrogen and oxygen atoms in total. The predicted molar refractivity (Wildman–Crippen MR) is 92.5 cm³/mol. The summed E-state index contributed by atoms with van der Waals surface area (Å²) in [5, 5.41) is 18.2. The van der Waals surface area contributed by atoms with E-state index in [-0.39, 0.29) is 0 Å². The topological polar surface area (TPSA) is 105 Å². The third-order valence-electron chi connectivity index (χ3n) is 3.17. The number of rotatable bonds is 4. The molecule has 0 unspecified atom stereocenters. The van der Waals surface area contributed by atoms with Crippen LogP contribution in [0.25, 0.3) is 0 Å². The van der Waals surface area contributed by atoms with Crippen LogP contribution in [-0.4, -0.2) is 28.9 Å². The van der Waals surface area contributed by atoms with Crippen molar-refractivity contribution in [2.24, 2.45) is 0 Å². The van der Waals surface area contributed by atoms with E-state index in [4.69, 9.17) is 29.3 Å². The molecule has 3 rings (SSSR count). The van der Waals surface area contributed by atoms with E-state index in [1.807, 2.05) is 24.3 Å². The number of hydrogen-bond donors (Lipinski definition) is 3. The van der Waals surface area contributed by atoms with Crippen molar-refractivity contribution in [3.05, 3.63) is 58.1 Å². The maximum Gasteiger partial charge on any atom is 0.414 e. The Morgan fingerprint density at radius 1 is 0.960 bits per heavy atom. The van der Waals surface area contributed by atoms with Crippen molar-refractivity contribution in [1.82, 2.24) is 5.32 Å². The zero-order valence-corrected chi connectivity index (χ0v) is 14.7. The van der Waals surface area contributed by atoms with Crippen LogP contribution >= 0.6 is 15.9 Å². The summed E-state index contributed by atoms with van der Waals surface area (Å²) in [6, 6.07) is 14.3. The first kappa shape index (κ1) is 18.8. The highest BCUT2D eigenvalue weighted by molar-refractivity contribution is 9.10. The van der Waals surface area contributed by atoms with Crippen LogP contribution in [0.3, 0.4) is 0 Å². The Kier molecular flexibility index (Phi) is 6.79. The fourth-order valence-electron chi connectivity index (χ4n) is 2.05. The van der Waals surface area contributed by atoms with Crippen LogP contribution in [0.15, 0.2) is 46.9 Å². The Morgan fingerprint density at radius 3 is 2.24 bits per heavy atom. The van der Waals surface area contributed by atoms with Gasteiger partial charge in [-0.15, -0.1) is 0 Å². The van der Waals surface area contributed by atoms with E-state index in [1.165, 1.54) is 11.1 Å². The van der Waals surface area contributed by atoms with Gasteiger partial charge >= 0.3 is 11.9 Å². The fraction of sp³-hybridized carbons (Fsp3) is 0.176. The summed E-state index contributed by atoms with van der Waals surface area (Å²) in [5.41, 5.74) is 2.45. The van der Waals surface area contributed by atoms with Gasteiger partial charge in [0, 0.05) is 17.6 Å². The number of hydrogen-bond acceptors (Lipinski definition) is 5. The molecule has 0 fully saturated rings. The monoisotopic (exact) mass is 409 g/mol. The number of carbonyl (C=O) groups is 2. The number of ether oxygens (including phenoxy) is 2. The van der Waals surface area contributed by atoms with Crippen LogP contribution < -0.4 is 14.8 Å². The summed E-state index contributed by atoms with van der Waals surface area (Å²) in [4.78, 5) is 18.2. The molecular weight excluding hydrogens is 394 g/mol. The van der Waals surface area contributed by atoms with Crippen LogP contribution in [0, 0.1) is 0 Å². The maximum absolute atomic E-state index is 9.10. The SMILES string of the molecule is Brc1cccc(CNCc2ccc3c(c2)OCO3)c1.O=C(O)C(=O)O. The average molecular weight is 410 g/mol. The van der Waals surface area contributed by atoms with Crippen molar-refractivity contribution in [1.29, 1.82) is 0 Å². The van der Waals surface area contributed by atoms with Crippen LogP contribution in [0.1, 0.15) is 11.1 Å². The number of aliphatic carboxylic acids is 2. The largest absolute Gasteiger partial charge is 0.473 e. The highest BCUT2D eigenvalue weighted by Crippen LogP contribution is 2.32. The van der Waals surface area contributed by atoms with Gasteiger partial charge in [-0.05, 0) is 35.4 Å². The molecule has 0 bridgehead atoms. The molecule has 8 heteroatoms. The van der Waals surface area contributed by atoms with Gasteiger partial charge in [0.05, 0.1) is 0 Å². The molecule has 0 spiro atoms. The molecule has 1 aliphatic rings. The minimum Gasteiger partial charge on any atom is -0.473 e. The second kappa shape index (κ2) is 9.05. The van der Waals surface area contributed by atoms with Crippen LogP contribution in [-0.2, 0) is 22.7 Å². The quantitative estimate of drug-likeness (QED) is 0.666. The molecule has 0 saturated heterocycles. The molecule has 1 heterocycles. The Balaban J connectivity index is 0.000000326. The van der Waals surface area contributed by atoms with Crippen molar-refractivity contribution < 1.29 is 29.3 Å². The van der Waals surface area contributed by atoms with Gasteiger partial charge in [-0.1, -0.05) is 34.1 Å². The normalized spacial score (nSPS) is 11.4. The molecule has 0 aromatic heterocycles. The van der Waals surface area contributed by atoms with Crippen molar-refractivity contribution in [3.8, 4) is 11.5 Å². The van der Waals surface area contributed by atoms with Gasteiger partial charge in [0.2, 0.25) is 6.79 Å². The number of carboxylic acid groups (broad SMARTS) is 2. The number of halogens is 1. The maximum atomic E-state index is 9.10. The molecule has 2 aromatic carbocycles. The molecule has 25 heavy (non-hydrogen) atoms. The van der Waals surface area contributed by atoms with Gasteiger partial charge in [0.25, 0.3) is 0 Å². The lowest BCUT2D eigenvalue weighted by atomic mass is 10.2. The standard InChI is InChI=1S/C15H14BrNO2.C2H2O4/c16-13-3-1-2-11(6-13)8-17-9-12-4-5-14-15(7-12)19-10-18-14;3-1(4)2(5)6/h1-7,17H,8-10H2;(H,3,4)(H,5,6). The van der Waals surface area contributed by atoms with Gasteiger partial charge in [-0.2, -0.15) is 0 Å². The van der Waals surface area contributed by atoms with Crippen molar-refractivity contribution in [3.63, 3.8) is 0 Å². The Hall–Kier alpha value is -2.58. The van der Waals surface area contributed by atoms with Gasteiger partial charge < -0.3 is 25.0 Å². The molecule has 0 amide bonds. The Labute approximate surface area is 152 Å². The lowest BCUT2D eigenvalue weighted by Gasteiger charge is -2.06. The molecule has 0 radical (unpaired) electrons. The lowest BCUT2D eigenvalue weighted by molar-refractivity contribution is -0.159. The number of benzene rings is 2. The first-order valence-electron chi connectivity index (χ1n) is 7.25. The molecule has 1 aliphatic heterocycles. The zero-order valence-electron chi connectivity index (χ0n) is 13.1. The average Bonchev–Trinajstić information content (AvgIpc) is 3.03. The van der Waals surface area contributed by atoms with Gasteiger partial charge in [0.15, 0.2) is 11.5 Å². The lowest BCUT2D eigenvalue weighted by Crippen LogP contribution is -2.12. The Bertz CT molecular complexity index is 753. The fourth-order valence-corrected chi connectivity index (χ4v) is 2.50. The van der Waals surface area contributed by atoms with E-state index in [0.717, 1.165) is 29.1 Å². The van der Waals surface area contributed by atoms with E-state index in [9.17, 15) is 0 Å². The molecule has 132 valence electrons. The van der Waals surface area contributed by atoms with E-state index in [1.54, 1.807) is 0 Å². The highest BCUT2D eigenvalue weighted by atomic mass is 79.9. The second-order valence-electron chi connectivity index (χ2n) is 5.03.